The molecule has 1 aliphatic heterocycles. The molecule has 0 radical (unpaired) electrons. The van der Waals surface area contributed by atoms with Crippen LogP contribution in [0.3, 0.4) is 0 Å². The highest BCUT2D eigenvalue weighted by atomic mass is 32.2. The predicted molar refractivity (Wildman–Crippen MR) is 88.9 cm³/mol. The van der Waals surface area contributed by atoms with E-state index in [1.165, 1.54) is 6.26 Å². The Morgan fingerprint density at radius 1 is 1.17 bits per heavy atom. The summed E-state index contributed by atoms with van der Waals surface area (Å²) in [5, 5.41) is 0. The first kappa shape index (κ1) is 16.7. The molecule has 0 bridgehead atoms. The highest BCUT2D eigenvalue weighted by Gasteiger charge is 2.29. The third-order valence-corrected chi connectivity index (χ3v) is 5.89. The molecular formula is C17H25NO4S. The minimum absolute atomic E-state index is 0.131. The minimum atomic E-state index is -3.19. The third-order valence-electron chi connectivity index (χ3n) is 4.61. The molecule has 1 aromatic rings. The van der Waals surface area contributed by atoms with Crippen LogP contribution in [0.15, 0.2) is 24.3 Å². The Labute approximate surface area is 138 Å². The Morgan fingerprint density at radius 3 is 2.43 bits per heavy atom. The molecule has 5 nitrogen and oxygen atoms in total. The molecule has 2 aliphatic rings. The molecule has 0 amide bonds. The van der Waals surface area contributed by atoms with Gasteiger partial charge < -0.3 is 9.47 Å². The van der Waals surface area contributed by atoms with Crippen molar-refractivity contribution in [1.29, 1.82) is 0 Å². The molecule has 0 spiro atoms. The molecule has 1 saturated heterocycles. The summed E-state index contributed by atoms with van der Waals surface area (Å²) in [6.07, 6.45) is 6.53. The summed E-state index contributed by atoms with van der Waals surface area (Å²) >= 11 is 0. The fourth-order valence-electron chi connectivity index (χ4n) is 3.36. The number of ether oxygens (including phenoxy) is 2. The van der Waals surface area contributed by atoms with Crippen LogP contribution in [-0.2, 0) is 21.3 Å². The van der Waals surface area contributed by atoms with Gasteiger partial charge in [0, 0.05) is 19.0 Å². The molecule has 1 saturated carbocycles. The molecule has 0 N–H and O–H groups in total. The summed E-state index contributed by atoms with van der Waals surface area (Å²) in [5.41, 5.74) is 0.998. The molecule has 128 valence electrons. The molecule has 23 heavy (non-hydrogen) atoms. The summed E-state index contributed by atoms with van der Waals surface area (Å²) in [5.74, 6) is 0.816. The maximum atomic E-state index is 12.1. The lowest BCUT2D eigenvalue weighted by Gasteiger charge is -2.26. The zero-order valence-electron chi connectivity index (χ0n) is 13.6. The number of nitrogens with zero attached hydrogens (tertiary/aromatic N) is 1. The van der Waals surface area contributed by atoms with Crippen LogP contribution in [0, 0.1) is 0 Å². The molecule has 6 heteroatoms. The normalized spacial score (nSPS) is 22.8. The maximum Gasteiger partial charge on any atom is 0.211 e. The van der Waals surface area contributed by atoms with Crippen molar-refractivity contribution < 1.29 is 17.9 Å². The van der Waals surface area contributed by atoms with Crippen LogP contribution in [0.4, 0.5) is 0 Å². The van der Waals surface area contributed by atoms with Gasteiger partial charge in [-0.05, 0) is 30.5 Å². The van der Waals surface area contributed by atoms with Crippen molar-refractivity contribution in [3.8, 4) is 5.75 Å². The van der Waals surface area contributed by atoms with E-state index in [1.54, 1.807) is 4.31 Å². The Kier molecular flexibility index (Phi) is 5.24. The number of sulfonamides is 1. The quantitative estimate of drug-likeness (QED) is 0.799. The Balaban J connectivity index is 1.65. The first-order valence-corrected chi connectivity index (χ1v) is 10.2. The fourth-order valence-corrected chi connectivity index (χ4v) is 4.50. The molecule has 1 unspecified atom stereocenters. The van der Waals surface area contributed by atoms with Crippen LogP contribution >= 0.6 is 0 Å². The highest BCUT2D eigenvalue weighted by Crippen LogP contribution is 2.27. The second kappa shape index (κ2) is 7.20. The van der Waals surface area contributed by atoms with E-state index in [-0.39, 0.29) is 12.1 Å². The van der Waals surface area contributed by atoms with Gasteiger partial charge in [-0.2, -0.15) is 4.31 Å². The van der Waals surface area contributed by atoms with Crippen molar-refractivity contribution in [2.24, 2.45) is 0 Å². The molecule has 1 aliphatic carbocycles. The lowest BCUT2D eigenvalue weighted by molar-refractivity contribution is 0.141. The average Bonchev–Trinajstić information content (AvgIpc) is 3.18. The van der Waals surface area contributed by atoms with Gasteiger partial charge in [0.2, 0.25) is 10.0 Å². The van der Waals surface area contributed by atoms with Gasteiger partial charge in [0.05, 0.1) is 19.5 Å². The molecule has 3 rings (SSSR count). The zero-order chi connectivity index (χ0) is 16.3. The van der Waals surface area contributed by atoms with Crippen LogP contribution < -0.4 is 4.74 Å². The van der Waals surface area contributed by atoms with Gasteiger partial charge in [-0.3, -0.25) is 0 Å². The second-order valence-corrected chi connectivity index (χ2v) is 8.43. The van der Waals surface area contributed by atoms with E-state index in [4.69, 9.17) is 9.47 Å². The largest absolute Gasteiger partial charge is 0.488 e. The molecular weight excluding hydrogens is 314 g/mol. The Morgan fingerprint density at radius 2 is 1.87 bits per heavy atom. The molecule has 0 aromatic heterocycles. The van der Waals surface area contributed by atoms with E-state index in [9.17, 15) is 8.42 Å². The topological polar surface area (TPSA) is 55.8 Å². The summed E-state index contributed by atoms with van der Waals surface area (Å²) in [6.45, 7) is 1.84. The lowest BCUT2D eigenvalue weighted by Crippen LogP contribution is -2.37. The van der Waals surface area contributed by atoms with Gasteiger partial charge in [0.15, 0.2) is 0 Å². The number of hydrogen-bond acceptors (Lipinski definition) is 4. The SMILES string of the molecule is CS(=O)(=O)N(Cc1ccc(OC2CCOC2)cc1)C1CCCC1. The van der Waals surface area contributed by atoms with E-state index >= 15 is 0 Å². The molecule has 2 fully saturated rings. The van der Waals surface area contributed by atoms with E-state index in [1.807, 2.05) is 24.3 Å². The van der Waals surface area contributed by atoms with Crippen LogP contribution in [-0.4, -0.2) is 44.3 Å². The summed E-state index contributed by atoms with van der Waals surface area (Å²) < 4.78 is 37.0. The first-order chi connectivity index (χ1) is 11.0. The van der Waals surface area contributed by atoms with Crippen molar-refractivity contribution in [2.45, 2.75) is 50.8 Å². The average molecular weight is 339 g/mol. The van der Waals surface area contributed by atoms with Crippen molar-refractivity contribution >= 4 is 10.0 Å². The van der Waals surface area contributed by atoms with Crippen molar-refractivity contribution in [3.63, 3.8) is 0 Å². The van der Waals surface area contributed by atoms with Gasteiger partial charge in [0.1, 0.15) is 11.9 Å². The predicted octanol–water partition coefficient (Wildman–Crippen LogP) is 2.56. The summed E-state index contributed by atoms with van der Waals surface area (Å²) in [4.78, 5) is 0. The molecule has 1 heterocycles. The van der Waals surface area contributed by atoms with E-state index in [2.05, 4.69) is 0 Å². The van der Waals surface area contributed by atoms with Gasteiger partial charge >= 0.3 is 0 Å². The van der Waals surface area contributed by atoms with E-state index < -0.39 is 10.0 Å². The van der Waals surface area contributed by atoms with Gasteiger partial charge in [-0.15, -0.1) is 0 Å². The zero-order valence-corrected chi connectivity index (χ0v) is 14.4. The number of hydrogen-bond donors (Lipinski definition) is 0. The highest BCUT2D eigenvalue weighted by molar-refractivity contribution is 7.88. The standard InChI is InChI=1S/C17H25NO4S/c1-23(19,20)18(15-4-2-3-5-15)12-14-6-8-16(9-7-14)22-17-10-11-21-13-17/h6-9,15,17H,2-5,10-13H2,1H3. The minimum Gasteiger partial charge on any atom is -0.488 e. The smallest absolute Gasteiger partial charge is 0.211 e. The van der Waals surface area contributed by atoms with Crippen molar-refractivity contribution in [2.75, 3.05) is 19.5 Å². The van der Waals surface area contributed by atoms with Crippen LogP contribution in [0.2, 0.25) is 0 Å². The van der Waals surface area contributed by atoms with Crippen LogP contribution in [0.25, 0.3) is 0 Å². The van der Waals surface area contributed by atoms with Crippen LogP contribution in [0.5, 0.6) is 5.75 Å². The first-order valence-electron chi connectivity index (χ1n) is 8.32. The van der Waals surface area contributed by atoms with Crippen molar-refractivity contribution in [1.82, 2.24) is 4.31 Å². The third kappa shape index (κ3) is 4.46. The van der Waals surface area contributed by atoms with Crippen molar-refractivity contribution in [3.05, 3.63) is 29.8 Å². The monoisotopic (exact) mass is 339 g/mol. The Bertz CT molecular complexity index is 602. The van der Waals surface area contributed by atoms with Gasteiger partial charge in [0.25, 0.3) is 0 Å². The van der Waals surface area contributed by atoms with Gasteiger partial charge in [-0.1, -0.05) is 25.0 Å². The molecule has 1 atom stereocenters. The maximum absolute atomic E-state index is 12.1. The Hall–Kier alpha value is -1.11. The second-order valence-electron chi connectivity index (χ2n) is 6.49. The summed E-state index contributed by atoms with van der Waals surface area (Å²) in [6, 6.07) is 7.90. The van der Waals surface area contributed by atoms with Gasteiger partial charge in [-0.25, -0.2) is 8.42 Å². The number of rotatable bonds is 6. The molecule has 1 aromatic carbocycles. The fraction of sp³-hybridized carbons (Fsp3) is 0.647. The summed E-state index contributed by atoms with van der Waals surface area (Å²) in [7, 11) is -3.19. The lowest BCUT2D eigenvalue weighted by atomic mass is 10.2. The number of benzene rings is 1. The van der Waals surface area contributed by atoms with E-state index in [0.717, 1.165) is 50.0 Å². The van der Waals surface area contributed by atoms with E-state index in [0.29, 0.717) is 13.2 Å². The van der Waals surface area contributed by atoms with Crippen LogP contribution in [0.1, 0.15) is 37.7 Å².